The molecule has 5 heteroatoms. The van der Waals surface area contributed by atoms with E-state index in [9.17, 15) is 4.79 Å². The van der Waals surface area contributed by atoms with Crippen LogP contribution in [0.25, 0.3) is 0 Å². The molecule has 0 bridgehead atoms. The van der Waals surface area contributed by atoms with E-state index in [2.05, 4.69) is 5.10 Å². The number of nitrogens with zero attached hydrogens (tertiary/aromatic N) is 4. The van der Waals surface area contributed by atoms with E-state index in [-0.39, 0.29) is 5.91 Å². The largest absolute Gasteiger partial charge is 0.296 e. The van der Waals surface area contributed by atoms with Crippen LogP contribution in [0.5, 0.6) is 0 Å². The van der Waals surface area contributed by atoms with Gasteiger partial charge in [-0.1, -0.05) is 0 Å². The highest BCUT2D eigenvalue weighted by Gasteiger charge is 2.24. The maximum Gasteiger partial charge on any atom is 0.228 e. The number of carbonyl (C=O) groups is 1. The summed E-state index contributed by atoms with van der Waals surface area (Å²) >= 11 is 0. The van der Waals surface area contributed by atoms with Crippen molar-refractivity contribution in [2.45, 2.75) is 12.8 Å². The summed E-state index contributed by atoms with van der Waals surface area (Å²) in [6, 6.07) is 1.67. The van der Waals surface area contributed by atoms with Gasteiger partial charge in [0.1, 0.15) is 5.82 Å². The Kier molecular flexibility index (Phi) is 1.74. The number of anilines is 1. The summed E-state index contributed by atoms with van der Waals surface area (Å²) in [4.78, 5) is 12.9. The van der Waals surface area contributed by atoms with Crippen LogP contribution in [0.4, 0.5) is 5.82 Å². The van der Waals surface area contributed by atoms with Gasteiger partial charge in [0.2, 0.25) is 12.1 Å². The third kappa shape index (κ3) is 1.16. The second-order valence-corrected chi connectivity index (χ2v) is 2.85. The summed E-state index contributed by atoms with van der Waals surface area (Å²) in [6.45, 7) is 0.687. The fraction of sp³-hybridized carbons (Fsp3) is 0.375. The molecule has 5 nitrogen and oxygen atoms in total. The molecule has 1 fully saturated rings. The van der Waals surface area contributed by atoms with Gasteiger partial charge < -0.3 is 0 Å². The first-order chi connectivity index (χ1) is 6.33. The quantitative estimate of drug-likeness (QED) is 0.619. The van der Waals surface area contributed by atoms with Gasteiger partial charge in [-0.3, -0.25) is 9.69 Å². The zero-order valence-corrected chi connectivity index (χ0v) is 6.97. The monoisotopic (exact) mass is 176 g/mol. The molecule has 0 N–H and O–H groups in total. The SMILES string of the molecule is N#Cn1nccc1N1CCCC1=O. The van der Waals surface area contributed by atoms with Crippen LogP contribution in [-0.4, -0.2) is 22.2 Å². The molecule has 0 spiro atoms. The Hall–Kier alpha value is -1.83. The molecular formula is C8H8N4O. The molecule has 0 atom stereocenters. The minimum atomic E-state index is 0.0667. The summed E-state index contributed by atoms with van der Waals surface area (Å²) in [6.07, 6.45) is 4.83. The van der Waals surface area contributed by atoms with Gasteiger partial charge in [-0.15, -0.1) is 4.68 Å². The van der Waals surface area contributed by atoms with E-state index in [1.807, 2.05) is 6.19 Å². The first kappa shape index (κ1) is 7.80. The third-order valence-corrected chi connectivity index (χ3v) is 2.07. The van der Waals surface area contributed by atoms with E-state index in [0.29, 0.717) is 18.8 Å². The van der Waals surface area contributed by atoms with Gasteiger partial charge >= 0.3 is 0 Å². The van der Waals surface area contributed by atoms with Gasteiger partial charge in [0.25, 0.3) is 0 Å². The number of rotatable bonds is 1. The molecule has 1 aromatic heterocycles. The second-order valence-electron chi connectivity index (χ2n) is 2.85. The van der Waals surface area contributed by atoms with Gasteiger partial charge in [-0.25, -0.2) is 0 Å². The Morgan fingerprint density at radius 1 is 1.62 bits per heavy atom. The molecule has 1 aromatic rings. The number of hydrogen-bond acceptors (Lipinski definition) is 3. The summed E-state index contributed by atoms with van der Waals surface area (Å²) < 4.78 is 1.16. The van der Waals surface area contributed by atoms with E-state index in [4.69, 9.17) is 5.26 Å². The van der Waals surface area contributed by atoms with Crippen LogP contribution in [0.3, 0.4) is 0 Å². The van der Waals surface area contributed by atoms with E-state index in [1.54, 1.807) is 11.0 Å². The lowest BCUT2D eigenvalue weighted by Crippen LogP contribution is -2.25. The Balaban J connectivity index is 2.35. The Labute approximate surface area is 75.2 Å². The maximum absolute atomic E-state index is 11.3. The zero-order chi connectivity index (χ0) is 9.26. The van der Waals surface area contributed by atoms with Crippen LogP contribution in [0.1, 0.15) is 12.8 Å². The maximum atomic E-state index is 11.3. The van der Waals surface area contributed by atoms with Gasteiger partial charge in [-0.05, 0) is 6.42 Å². The normalized spacial score (nSPS) is 16.2. The number of aromatic nitrogens is 2. The summed E-state index contributed by atoms with van der Waals surface area (Å²) in [5.41, 5.74) is 0. The van der Waals surface area contributed by atoms with Crippen molar-refractivity contribution in [3.8, 4) is 6.19 Å². The first-order valence-electron chi connectivity index (χ1n) is 4.07. The summed E-state index contributed by atoms with van der Waals surface area (Å²) in [7, 11) is 0. The lowest BCUT2D eigenvalue weighted by molar-refractivity contribution is -0.117. The number of carbonyl (C=O) groups excluding carboxylic acids is 1. The van der Waals surface area contributed by atoms with Crippen molar-refractivity contribution >= 4 is 11.7 Å². The predicted octanol–water partition coefficient (Wildman–Crippen LogP) is 0.339. The average molecular weight is 176 g/mol. The lowest BCUT2D eigenvalue weighted by atomic mass is 10.4. The van der Waals surface area contributed by atoms with E-state index < -0.39 is 0 Å². The van der Waals surface area contributed by atoms with Crippen molar-refractivity contribution < 1.29 is 4.79 Å². The molecule has 1 aliphatic heterocycles. The van der Waals surface area contributed by atoms with Crippen LogP contribution in [0.15, 0.2) is 12.3 Å². The highest BCUT2D eigenvalue weighted by Crippen LogP contribution is 2.19. The molecule has 2 rings (SSSR count). The first-order valence-corrected chi connectivity index (χ1v) is 4.07. The summed E-state index contributed by atoms with van der Waals surface area (Å²) in [5.74, 6) is 0.641. The molecule has 13 heavy (non-hydrogen) atoms. The fourth-order valence-electron chi connectivity index (χ4n) is 1.47. The van der Waals surface area contributed by atoms with Gasteiger partial charge in [-0.2, -0.15) is 10.4 Å². The Bertz CT molecular complexity index is 376. The van der Waals surface area contributed by atoms with Crippen LogP contribution in [0, 0.1) is 11.5 Å². The van der Waals surface area contributed by atoms with Crippen molar-refractivity contribution in [1.82, 2.24) is 9.78 Å². The average Bonchev–Trinajstić information content (AvgIpc) is 2.71. The fourth-order valence-corrected chi connectivity index (χ4v) is 1.47. The molecule has 2 heterocycles. The highest BCUT2D eigenvalue weighted by atomic mass is 16.2. The van der Waals surface area contributed by atoms with E-state index >= 15 is 0 Å². The molecular weight excluding hydrogens is 168 g/mol. The smallest absolute Gasteiger partial charge is 0.228 e. The van der Waals surface area contributed by atoms with Crippen molar-refractivity contribution in [3.05, 3.63) is 12.3 Å². The molecule has 66 valence electrons. The topological polar surface area (TPSA) is 61.9 Å². The third-order valence-electron chi connectivity index (χ3n) is 2.07. The predicted molar refractivity (Wildman–Crippen MR) is 44.8 cm³/mol. The standard InChI is InChI=1S/C8H8N4O/c9-6-12-7(3-4-10-12)11-5-1-2-8(11)13/h3-4H,1-2,5H2. The van der Waals surface area contributed by atoms with E-state index in [0.717, 1.165) is 11.1 Å². The molecule has 0 unspecified atom stereocenters. The van der Waals surface area contributed by atoms with Crippen molar-refractivity contribution in [3.63, 3.8) is 0 Å². The molecule has 1 saturated heterocycles. The lowest BCUT2D eigenvalue weighted by Gasteiger charge is -2.13. The minimum absolute atomic E-state index is 0.0667. The van der Waals surface area contributed by atoms with Crippen molar-refractivity contribution in [1.29, 1.82) is 5.26 Å². The molecule has 1 amide bonds. The Morgan fingerprint density at radius 3 is 3.08 bits per heavy atom. The minimum Gasteiger partial charge on any atom is -0.296 e. The number of amides is 1. The van der Waals surface area contributed by atoms with Crippen LogP contribution < -0.4 is 4.90 Å². The van der Waals surface area contributed by atoms with Crippen LogP contribution in [-0.2, 0) is 4.79 Å². The zero-order valence-electron chi connectivity index (χ0n) is 6.97. The number of hydrogen-bond donors (Lipinski definition) is 0. The van der Waals surface area contributed by atoms with Gasteiger partial charge in [0, 0.05) is 19.0 Å². The van der Waals surface area contributed by atoms with Crippen molar-refractivity contribution in [2.24, 2.45) is 0 Å². The second kappa shape index (κ2) is 2.90. The molecule has 0 saturated carbocycles. The summed E-state index contributed by atoms with van der Waals surface area (Å²) in [5, 5.41) is 12.4. The molecule has 1 aliphatic rings. The van der Waals surface area contributed by atoms with Gasteiger partial charge in [0.05, 0.1) is 6.20 Å². The molecule has 0 aliphatic carbocycles. The number of nitriles is 1. The van der Waals surface area contributed by atoms with Crippen LogP contribution in [0.2, 0.25) is 0 Å². The van der Waals surface area contributed by atoms with Gasteiger partial charge in [0.15, 0.2) is 0 Å². The van der Waals surface area contributed by atoms with E-state index in [1.165, 1.54) is 6.20 Å². The molecule has 0 aromatic carbocycles. The Morgan fingerprint density at radius 2 is 2.46 bits per heavy atom. The van der Waals surface area contributed by atoms with Crippen molar-refractivity contribution in [2.75, 3.05) is 11.4 Å². The van der Waals surface area contributed by atoms with Crippen LogP contribution >= 0.6 is 0 Å². The highest BCUT2D eigenvalue weighted by molar-refractivity contribution is 5.94. The molecule has 0 radical (unpaired) electrons.